The van der Waals surface area contributed by atoms with E-state index >= 15 is 0 Å². The molecule has 1 aromatic heterocycles. The van der Waals surface area contributed by atoms with Crippen molar-refractivity contribution in [1.29, 1.82) is 0 Å². The van der Waals surface area contributed by atoms with E-state index in [1.165, 1.54) is 11.3 Å². The van der Waals surface area contributed by atoms with Crippen LogP contribution in [0.1, 0.15) is 49.8 Å². The van der Waals surface area contributed by atoms with Gasteiger partial charge in [-0.3, -0.25) is 9.59 Å². The summed E-state index contributed by atoms with van der Waals surface area (Å²) < 4.78 is 0. The average molecular weight is 343 g/mol. The van der Waals surface area contributed by atoms with E-state index in [-0.39, 0.29) is 23.9 Å². The largest absolute Gasteiger partial charge is 0.352 e. The van der Waals surface area contributed by atoms with Crippen molar-refractivity contribution in [2.24, 2.45) is 0 Å². The van der Waals surface area contributed by atoms with Gasteiger partial charge in [-0.25, -0.2) is 9.97 Å². The molecule has 3 aliphatic rings. The van der Waals surface area contributed by atoms with E-state index in [9.17, 15) is 9.59 Å². The van der Waals surface area contributed by atoms with Crippen molar-refractivity contribution < 1.29 is 9.59 Å². The van der Waals surface area contributed by atoms with Crippen LogP contribution >= 0.6 is 0 Å². The molecule has 2 aliphatic heterocycles. The molecular weight excluding hydrogens is 318 g/mol. The monoisotopic (exact) mass is 343 g/mol. The summed E-state index contributed by atoms with van der Waals surface area (Å²) in [7, 11) is 0. The third-order valence-electron chi connectivity index (χ3n) is 5.56. The number of amides is 2. The van der Waals surface area contributed by atoms with Crippen LogP contribution in [0, 0.1) is 0 Å². The Balaban J connectivity index is 1.40. The number of fused-ring (bicyclic) bond motifs is 1. The lowest BCUT2D eigenvalue weighted by molar-refractivity contribution is -0.131. The van der Waals surface area contributed by atoms with Crippen LogP contribution in [0.25, 0.3) is 0 Å². The molecule has 4 rings (SSSR count). The van der Waals surface area contributed by atoms with Crippen molar-refractivity contribution in [1.82, 2.24) is 20.6 Å². The van der Waals surface area contributed by atoms with Crippen molar-refractivity contribution in [2.75, 3.05) is 18.0 Å². The van der Waals surface area contributed by atoms with Crippen LogP contribution in [-0.2, 0) is 22.4 Å². The fraction of sp³-hybridized carbons (Fsp3) is 0.667. The molecule has 2 N–H and O–H groups in total. The number of piperidine rings is 1. The van der Waals surface area contributed by atoms with Crippen LogP contribution in [-0.4, -0.2) is 47.0 Å². The average Bonchev–Trinajstić information content (AvgIpc) is 3.28. The maximum Gasteiger partial charge on any atom is 0.242 e. The standard InChI is InChI=1S/C18H25N5O2/c24-16-8-2-7-15(22-16)18(25)19-10-12-4-3-9-23(12)17-13-5-1-6-14(13)20-11-21-17/h11-12,15H,1-10H2,(H,19,25)(H,22,24)/t12-,15-/m1/s1. The van der Waals surface area contributed by atoms with Gasteiger partial charge in [0.2, 0.25) is 11.8 Å². The van der Waals surface area contributed by atoms with Crippen LogP contribution in [0.5, 0.6) is 0 Å². The Kier molecular flexibility index (Phi) is 4.55. The van der Waals surface area contributed by atoms with Gasteiger partial charge in [0.1, 0.15) is 18.2 Å². The maximum atomic E-state index is 12.4. The zero-order valence-electron chi connectivity index (χ0n) is 14.5. The van der Waals surface area contributed by atoms with Gasteiger partial charge in [0.05, 0.1) is 0 Å². The topological polar surface area (TPSA) is 87.2 Å². The van der Waals surface area contributed by atoms with Gasteiger partial charge in [-0.05, 0) is 44.9 Å². The Labute approximate surface area is 147 Å². The number of nitrogens with zero attached hydrogens (tertiary/aromatic N) is 3. The van der Waals surface area contributed by atoms with Gasteiger partial charge >= 0.3 is 0 Å². The molecule has 3 heterocycles. The van der Waals surface area contributed by atoms with E-state index in [1.807, 2.05) is 0 Å². The first kappa shape index (κ1) is 16.3. The highest BCUT2D eigenvalue weighted by Gasteiger charge is 2.31. The second kappa shape index (κ2) is 6.98. The number of carbonyl (C=O) groups is 2. The molecule has 0 saturated carbocycles. The lowest BCUT2D eigenvalue weighted by Crippen LogP contribution is -2.51. The van der Waals surface area contributed by atoms with E-state index < -0.39 is 0 Å². The fourth-order valence-corrected chi connectivity index (χ4v) is 4.26. The van der Waals surface area contributed by atoms with E-state index in [4.69, 9.17) is 0 Å². The van der Waals surface area contributed by atoms with Crippen LogP contribution in [0.2, 0.25) is 0 Å². The molecule has 0 unspecified atom stereocenters. The Bertz CT molecular complexity index is 677. The summed E-state index contributed by atoms with van der Waals surface area (Å²) in [6.07, 6.45) is 9.12. The summed E-state index contributed by atoms with van der Waals surface area (Å²) in [6, 6.07) is -0.109. The molecule has 25 heavy (non-hydrogen) atoms. The molecule has 0 bridgehead atoms. The predicted molar refractivity (Wildman–Crippen MR) is 93.2 cm³/mol. The summed E-state index contributed by atoms with van der Waals surface area (Å²) >= 11 is 0. The highest BCUT2D eigenvalue weighted by molar-refractivity contribution is 5.88. The number of carbonyl (C=O) groups excluding carboxylic acids is 2. The molecule has 0 spiro atoms. The summed E-state index contributed by atoms with van der Waals surface area (Å²) in [6.45, 7) is 1.58. The van der Waals surface area contributed by atoms with Gasteiger partial charge in [-0.1, -0.05) is 0 Å². The van der Waals surface area contributed by atoms with Crippen molar-refractivity contribution in [3.05, 3.63) is 17.6 Å². The van der Waals surface area contributed by atoms with Gasteiger partial charge in [-0.15, -0.1) is 0 Å². The van der Waals surface area contributed by atoms with Crippen molar-refractivity contribution >= 4 is 17.6 Å². The molecule has 1 aromatic rings. The number of nitrogens with one attached hydrogen (secondary N) is 2. The summed E-state index contributed by atoms with van der Waals surface area (Å²) in [5.74, 6) is 0.975. The molecule has 0 aromatic carbocycles. The third kappa shape index (κ3) is 3.32. The zero-order valence-corrected chi connectivity index (χ0v) is 14.5. The quantitative estimate of drug-likeness (QED) is 0.841. The van der Waals surface area contributed by atoms with Crippen LogP contribution in [0.4, 0.5) is 5.82 Å². The van der Waals surface area contributed by atoms with Crippen molar-refractivity contribution in [3.8, 4) is 0 Å². The Morgan fingerprint density at radius 1 is 1.20 bits per heavy atom. The molecule has 7 nitrogen and oxygen atoms in total. The number of rotatable bonds is 4. The number of hydrogen-bond donors (Lipinski definition) is 2. The SMILES string of the molecule is O=C1CCC[C@H](C(=O)NC[C@H]2CCCN2c2ncnc3c2CCC3)N1. The third-order valence-corrected chi connectivity index (χ3v) is 5.56. The summed E-state index contributed by atoms with van der Waals surface area (Å²) in [5.41, 5.74) is 2.48. The minimum atomic E-state index is -0.376. The molecule has 2 saturated heterocycles. The lowest BCUT2D eigenvalue weighted by Gasteiger charge is -2.29. The molecular formula is C18H25N5O2. The fourth-order valence-electron chi connectivity index (χ4n) is 4.26. The van der Waals surface area contributed by atoms with E-state index in [0.29, 0.717) is 13.0 Å². The molecule has 2 amide bonds. The smallest absolute Gasteiger partial charge is 0.242 e. The van der Waals surface area contributed by atoms with Crippen molar-refractivity contribution in [3.63, 3.8) is 0 Å². The van der Waals surface area contributed by atoms with E-state index in [1.54, 1.807) is 6.33 Å². The van der Waals surface area contributed by atoms with Gasteiger partial charge in [0, 0.05) is 36.8 Å². The van der Waals surface area contributed by atoms with Crippen molar-refractivity contribution in [2.45, 2.75) is 63.5 Å². The first-order chi connectivity index (χ1) is 12.2. The minimum Gasteiger partial charge on any atom is -0.352 e. The Hall–Kier alpha value is -2.18. The first-order valence-electron chi connectivity index (χ1n) is 9.39. The highest BCUT2D eigenvalue weighted by Crippen LogP contribution is 2.32. The second-order valence-electron chi connectivity index (χ2n) is 7.22. The molecule has 7 heteroatoms. The van der Waals surface area contributed by atoms with Crippen LogP contribution in [0.15, 0.2) is 6.33 Å². The predicted octanol–water partition coefficient (Wildman–Crippen LogP) is 0.719. The normalized spacial score (nSPS) is 25.6. The summed E-state index contributed by atoms with van der Waals surface area (Å²) in [4.78, 5) is 35.1. The van der Waals surface area contributed by atoms with Crippen LogP contribution in [0.3, 0.4) is 0 Å². The second-order valence-corrected chi connectivity index (χ2v) is 7.22. The molecule has 134 valence electrons. The molecule has 1 aliphatic carbocycles. The summed E-state index contributed by atoms with van der Waals surface area (Å²) in [5, 5.41) is 5.83. The van der Waals surface area contributed by atoms with Gasteiger partial charge < -0.3 is 15.5 Å². The van der Waals surface area contributed by atoms with Gasteiger partial charge in [0.15, 0.2) is 0 Å². The lowest BCUT2D eigenvalue weighted by atomic mass is 10.0. The minimum absolute atomic E-state index is 0.0227. The maximum absolute atomic E-state index is 12.4. The Morgan fingerprint density at radius 2 is 2.12 bits per heavy atom. The molecule has 2 atom stereocenters. The molecule has 0 radical (unpaired) electrons. The van der Waals surface area contributed by atoms with E-state index in [2.05, 4.69) is 25.5 Å². The molecule has 2 fully saturated rings. The zero-order chi connectivity index (χ0) is 17.2. The van der Waals surface area contributed by atoms with Gasteiger partial charge in [-0.2, -0.15) is 0 Å². The Morgan fingerprint density at radius 3 is 3.00 bits per heavy atom. The van der Waals surface area contributed by atoms with Crippen LogP contribution < -0.4 is 15.5 Å². The highest BCUT2D eigenvalue weighted by atomic mass is 16.2. The number of aryl methyl sites for hydroxylation is 1. The van der Waals surface area contributed by atoms with Gasteiger partial charge in [0.25, 0.3) is 0 Å². The number of hydrogen-bond acceptors (Lipinski definition) is 5. The number of aromatic nitrogens is 2. The van der Waals surface area contributed by atoms with E-state index in [0.717, 1.165) is 57.3 Å². The number of anilines is 1. The first-order valence-corrected chi connectivity index (χ1v) is 9.39.